The summed E-state index contributed by atoms with van der Waals surface area (Å²) >= 11 is 0. The van der Waals surface area contributed by atoms with E-state index in [1.165, 1.54) is 27.0 Å². The van der Waals surface area contributed by atoms with E-state index in [0.717, 1.165) is 0 Å². The number of likely N-dealkylation sites (N-methyl/N-ethyl adjacent to an activating group) is 1. The Kier molecular flexibility index (Phi) is 13.1. The van der Waals surface area contributed by atoms with Crippen molar-refractivity contribution in [3.05, 3.63) is 67.3 Å². The Balaban J connectivity index is -0.000000642. The quantitative estimate of drug-likeness (QED) is 0.280. The number of anilines is 2. The number of urea groups is 1. The number of amides is 3. The molecule has 2 aromatic carbocycles. The zero-order valence-electron chi connectivity index (χ0n) is 20.7. The average molecular weight is 535 g/mol. The molecule has 0 aromatic heterocycles. The van der Waals surface area contributed by atoms with Crippen molar-refractivity contribution in [1.29, 1.82) is 0 Å². The number of ether oxygens (including phenoxy) is 1. The number of hydrogen-bond acceptors (Lipinski definition) is 4. The van der Waals surface area contributed by atoms with Crippen LogP contribution in [0.4, 0.5) is 25.0 Å². The van der Waals surface area contributed by atoms with Crippen LogP contribution in [0.5, 0.6) is 5.75 Å². The Morgan fingerprint density at radius 2 is 1.69 bits per heavy atom. The third kappa shape index (κ3) is 10.8. The summed E-state index contributed by atoms with van der Waals surface area (Å²) in [4.78, 5) is 23.2. The van der Waals surface area contributed by atoms with Crippen LogP contribution < -0.4 is 26.0 Å². The van der Waals surface area contributed by atoms with E-state index in [4.69, 9.17) is 4.74 Å². The molecule has 0 heterocycles. The fourth-order valence-electron chi connectivity index (χ4n) is 2.92. The number of halogens is 2. The molecule has 2 rings (SSSR count). The van der Waals surface area contributed by atoms with Gasteiger partial charge in [-0.2, -0.15) is 0 Å². The van der Waals surface area contributed by atoms with Gasteiger partial charge in [0.15, 0.2) is 6.61 Å². The molecule has 0 unspecified atom stereocenters. The van der Waals surface area contributed by atoms with Gasteiger partial charge in [-0.25, -0.2) is 13.6 Å². The van der Waals surface area contributed by atoms with E-state index in [1.807, 2.05) is 0 Å². The first-order chi connectivity index (χ1) is 15.5. The molecule has 0 fully saturated rings. The normalized spacial score (nSPS) is 10.2. The van der Waals surface area contributed by atoms with E-state index in [1.54, 1.807) is 37.3 Å². The summed E-state index contributed by atoms with van der Waals surface area (Å²) in [6.07, 6.45) is 0.211. The van der Waals surface area contributed by atoms with Gasteiger partial charge >= 0.3 is 6.03 Å². The van der Waals surface area contributed by atoms with Crippen LogP contribution >= 0.6 is 0 Å². The van der Waals surface area contributed by atoms with Crippen LogP contribution in [-0.4, -0.2) is 37.8 Å². The van der Waals surface area contributed by atoms with E-state index in [9.17, 15) is 18.4 Å². The van der Waals surface area contributed by atoms with Gasteiger partial charge in [-0.05, 0) is 63.1 Å². The molecule has 35 heavy (non-hydrogen) atoms. The molecular weight excluding hydrogens is 493 g/mol. The molecule has 3 amide bonds. The third-order valence-electron chi connectivity index (χ3n) is 4.65. The van der Waals surface area contributed by atoms with Gasteiger partial charge in [-0.3, -0.25) is 4.79 Å². The van der Waals surface area contributed by atoms with Gasteiger partial charge < -0.3 is 33.4 Å². The van der Waals surface area contributed by atoms with Gasteiger partial charge in [0.2, 0.25) is 0 Å². The Morgan fingerprint density at radius 1 is 1.11 bits per heavy atom. The summed E-state index contributed by atoms with van der Waals surface area (Å²) in [6, 6.07) is 9.16. The molecule has 0 aliphatic rings. The Labute approximate surface area is 223 Å². The Morgan fingerprint density at radius 3 is 2.20 bits per heavy atom. The first kappa shape index (κ1) is 32.0. The molecule has 1 radical (unpaired) electrons. The zero-order valence-corrected chi connectivity index (χ0v) is 22.1. The fraction of sp³-hybridized carbons (Fsp3) is 0.320. The molecule has 4 N–H and O–H groups in total. The van der Waals surface area contributed by atoms with Crippen molar-refractivity contribution < 1.29 is 47.4 Å². The molecule has 0 bridgehead atoms. The van der Waals surface area contributed by atoms with Gasteiger partial charge in [-0.1, -0.05) is 6.58 Å². The van der Waals surface area contributed by atoms with Crippen molar-refractivity contribution >= 4 is 29.0 Å². The second-order valence-electron chi connectivity index (χ2n) is 8.09. The van der Waals surface area contributed by atoms with E-state index >= 15 is 0 Å². The monoisotopic (exact) mass is 534 g/mol. The predicted molar refractivity (Wildman–Crippen MR) is 141 cm³/mol. The van der Waals surface area contributed by atoms with E-state index in [0.29, 0.717) is 28.2 Å². The molecule has 199 valence electrons. The van der Waals surface area contributed by atoms with Crippen molar-refractivity contribution in [1.82, 2.24) is 10.6 Å². The summed E-state index contributed by atoms with van der Waals surface area (Å²) in [5.74, 6) is -0.609. The number of nitrogens with one attached hydrogen (secondary N) is 4. The minimum Gasteiger partial charge on any atom is -0.484 e. The zero-order chi connectivity index (χ0) is 24.6. The maximum atomic E-state index is 14.7. The minimum atomic E-state index is -1.35. The first-order valence-electron chi connectivity index (χ1n) is 10.4. The molecule has 7 nitrogen and oxygen atoms in total. The average Bonchev–Trinajstić information content (AvgIpc) is 2.72. The Hall–Kier alpha value is -3.04. The van der Waals surface area contributed by atoms with Crippen LogP contribution in [-0.2, 0) is 23.4 Å². The SMILES string of the molecule is C=C(Nc1ccc(NC(=O)NCCC(C)(C)F)cc1)c1c(C)cc(OCC(=O)NC)cc1F.[CH3-].[HH].[HH].[HH].[HH].[V]. The number of benzene rings is 2. The van der Waals surface area contributed by atoms with Crippen molar-refractivity contribution in [2.45, 2.75) is 32.9 Å². The minimum absolute atomic E-state index is 0. The molecule has 10 heteroatoms. The van der Waals surface area contributed by atoms with Crippen molar-refractivity contribution in [3.63, 3.8) is 0 Å². The first-order valence-corrected chi connectivity index (χ1v) is 10.4. The van der Waals surface area contributed by atoms with Crippen LogP contribution in [0, 0.1) is 20.2 Å². The van der Waals surface area contributed by atoms with Gasteiger partial charge in [0.1, 0.15) is 17.2 Å². The largest absolute Gasteiger partial charge is 0.484 e. The molecule has 0 saturated heterocycles. The predicted octanol–water partition coefficient (Wildman–Crippen LogP) is 6.03. The Bertz CT molecular complexity index is 1000. The topological polar surface area (TPSA) is 91.5 Å². The molecule has 0 aliphatic heterocycles. The van der Waals surface area contributed by atoms with Crippen LogP contribution in [0.1, 0.15) is 37.1 Å². The number of hydrogen-bond donors (Lipinski definition) is 4. The van der Waals surface area contributed by atoms with Crippen LogP contribution in [0.15, 0.2) is 43.0 Å². The molecular formula is C25H41F2N4O3V-. The second-order valence-corrected chi connectivity index (χ2v) is 8.09. The summed E-state index contributed by atoms with van der Waals surface area (Å²) < 4.78 is 33.4. The second kappa shape index (κ2) is 14.4. The van der Waals surface area contributed by atoms with E-state index in [-0.39, 0.29) is 62.9 Å². The number of carbonyl (C=O) groups excluding carboxylic acids is 2. The summed E-state index contributed by atoms with van der Waals surface area (Å²) in [5, 5.41) is 10.7. The maximum Gasteiger partial charge on any atom is 0.319 e. The molecule has 0 atom stereocenters. The third-order valence-corrected chi connectivity index (χ3v) is 4.65. The summed E-state index contributed by atoms with van der Waals surface area (Å²) in [7, 11) is 1.49. The number of aryl methyl sites for hydroxylation is 1. The maximum absolute atomic E-state index is 14.7. The molecule has 0 spiro atoms. The van der Waals surface area contributed by atoms with Crippen molar-refractivity contribution in [3.8, 4) is 5.75 Å². The van der Waals surface area contributed by atoms with Gasteiger partial charge in [0, 0.05) is 66.6 Å². The van der Waals surface area contributed by atoms with Gasteiger partial charge in [0.05, 0.1) is 0 Å². The molecule has 0 aliphatic carbocycles. The summed E-state index contributed by atoms with van der Waals surface area (Å²) in [6.45, 7) is 8.55. The van der Waals surface area contributed by atoms with Crippen LogP contribution in [0.3, 0.4) is 0 Å². The standard InChI is InChI=1S/C24H30F2N4O3.CH3.V.4H2/c1-15-12-19(33-14-21(31)27-5)13-20(25)22(15)16(2)29-17-6-8-18(9-7-17)30-23(32)28-11-10-24(3,4)26;;;;;;/h6-9,12-13,29H,2,10-11,14H2,1,3-5H3,(H,27,31)(H2,28,30,32);1H3;;4*1H/q;-1;;;;;. The van der Waals surface area contributed by atoms with Crippen LogP contribution in [0.25, 0.3) is 5.70 Å². The van der Waals surface area contributed by atoms with Gasteiger partial charge in [-0.15, -0.1) is 0 Å². The molecule has 0 saturated carbocycles. The smallest absolute Gasteiger partial charge is 0.319 e. The van der Waals surface area contributed by atoms with Crippen molar-refractivity contribution in [2.24, 2.45) is 0 Å². The number of carbonyl (C=O) groups is 2. The van der Waals surface area contributed by atoms with E-state index in [2.05, 4.69) is 27.8 Å². The van der Waals surface area contributed by atoms with Gasteiger partial charge in [0.25, 0.3) is 5.91 Å². The fourth-order valence-corrected chi connectivity index (χ4v) is 2.92. The van der Waals surface area contributed by atoms with E-state index < -0.39 is 17.5 Å². The number of alkyl halides is 1. The van der Waals surface area contributed by atoms with Crippen molar-refractivity contribution in [2.75, 3.05) is 30.8 Å². The number of rotatable bonds is 10. The molecule has 2 aromatic rings. The summed E-state index contributed by atoms with van der Waals surface area (Å²) in [5.41, 5.74) is 1.06. The van der Waals surface area contributed by atoms with Crippen LogP contribution in [0.2, 0.25) is 0 Å².